The Bertz CT molecular complexity index is 1290. The Morgan fingerprint density at radius 1 is 1.27 bits per heavy atom. The number of aryl methyl sites for hydroxylation is 3. The maximum absolute atomic E-state index is 13.2. The predicted molar refractivity (Wildman–Crippen MR) is 137 cm³/mol. The van der Waals surface area contributed by atoms with E-state index >= 15 is 0 Å². The number of hydrogen-bond donors (Lipinski definition) is 3. The predicted octanol–water partition coefficient (Wildman–Crippen LogP) is 2.95. The van der Waals surface area contributed by atoms with Crippen molar-refractivity contribution in [3.63, 3.8) is 0 Å². The summed E-state index contributed by atoms with van der Waals surface area (Å²) in [7, 11) is 1.84. The van der Waals surface area contributed by atoms with Crippen LogP contribution in [-0.4, -0.2) is 67.0 Å². The summed E-state index contributed by atoms with van der Waals surface area (Å²) in [6.07, 6.45) is 8.69. The molecular weight excluding hydrogens is 474 g/mol. The third-order valence-electron chi connectivity index (χ3n) is 7.50. The molecule has 0 saturated heterocycles. The van der Waals surface area contributed by atoms with Gasteiger partial charge in [-0.3, -0.25) is 4.79 Å². The average molecular weight is 508 g/mol. The molecule has 1 atom stereocenters. The normalized spacial score (nSPS) is 19.6. The molecular formula is C27H33N5O5. The molecule has 0 spiro atoms. The van der Waals surface area contributed by atoms with Gasteiger partial charge in [-0.25, -0.2) is 14.8 Å². The summed E-state index contributed by atoms with van der Waals surface area (Å²) in [6, 6.07) is 6.26. The van der Waals surface area contributed by atoms with Crippen molar-refractivity contribution in [2.24, 2.45) is 13.0 Å². The van der Waals surface area contributed by atoms with Gasteiger partial charge in [-0.15, -0.1) is 5.06 Å². The molecule has 3 N–H and O–H groups in total. The number of hydrogen-bond acceptors (Lipinski definition) is 8. The Balaban J connectivity index is 1.25. The average Bonchev–Trinajstić information content (AvgIpc) is 3.26. The molecule has 0 aromatic carbocycles. The number of carbonyl (C=O) groups is 2. The highest BCUT2D eigenvalue weighted by molar-refractivity contribution is 6.02. The van der Waals surface area contributed by atoms with Crippen LogP contribution in [-0.2, 0) is 29.5 Å². The lowest BCUT2D eigenvalue weighted by Gasteiger charge is -2.43. The van der Waals surface area contributed by atoms with Gasteiger partial charge in [0.2, 0.25) is 0 Å². The zero-order valence-electron chi connectivity index (χ0n) is 21.0. The molecule has 1 saturated carbocycles. The van der Waals surface area contributed by atoms with Crippen LogP contribution in [0.5, 0.6) is 0 Å². The van der Waals surface area contributed by atoms with Gasteiger partial charge in [0.05, 0.1) is 5.56 Å². The topological polar surface area (TPSA) is 130 Å². The van der Waals surface area contributed by atoms with Crippen molar-refractivity contribution in [1.82, 2.24) is 19.6 Å². The van der Waals surface area contributed by atoms with Crippen molar-refractivity contribution in [3.8, 4) is 0 Å². The lowest BCUT2D eigenvalue weighted by atomic mass is 9.76. The largest absolute Gasteiger partial charge is 0.480 e. The fraction of sp³-hybridized carbons (Fsp3) is 0.481. The second-order valence-corrected chi connectivity index (χ2v) is 10.00. The highest BCUT2D eigenvalue weighted by atomic mass is 16.7. The number of carboxylic acids is 1. The van der Waals surface area contributed by atoms with Crippen molar-refractivity contribution in [1.29, 1.82) is 0 Å². The first-order valence-corrected chi connectivity index (χ1v) is 12.9. The summed E-state index contributed by atoms with van der Waals surface area (Å²) >= 11 is 0. The third kappa shape index (κ3) is 5.30. The summed E-state index contributed by atoms with van der Waals surface area (Å²) < 4.78 is 1.81. The first kappa shape index (κ1) is 25.2. The van der Waals surface area contributed by atoms with E-state index in [1.165, 1.54) is 16.8 Å². The molecule has 1 aliphatic carbocycles. The summed E-state index contributed by atoms with van der Waals surface area (Å²) in [5.41, 5.74) is 3.28. The molecule has 1 aliphatic heterocycles. The first-order valence-electron chi connectivity index (χ1n) is 12.9. The molecule has 0 radical (unpaired) electrons. The molecule has 5 rings (SSSR count). The number of aromatic nitrogens is 3. The van der Waals surface area contributed by atoms with Gasteiger partial charge >= 0.3 is 11.9 Å². The summed E-state index contributed by atoms with van der Waals surface area (Å²) in [5, 5.41) is 24.7. The van der Waals surface area contributed by atoms with Crippen LogP contribution in [0, 0.1) is 5.92 Å². The van der Waals surface area contributed by atoms with E-state index in [-0.39, 0.29) is 19.1 Å². The number of carbonyl (C=O) groups excluding carboxylic acids is 1. The maximum Gasteiger partial charge on any atom is 0.357 e. The van der Waals surface area contributed by atoms with Crippen LogP contribution in [0.3, 0.4) is 0 Å². The highest BCUT2D eigenvalue weighted by Gasteiger charge is 2.42. The molecule has 37 heavy (non-hydrogen) atoms. The smallest absolute Gasteiger partial charge is 0.357 e. The lowest BCUT2D eigenvalue weighted by molar-refractivity contribution is -0.204. The van der Waals surface area contributed by atoms with Crippen LogP contribution in [0.15, 0.2) is 36.7 Å². The lowest BCUT2D eigenvalue weighted by Crippen LogP contribution is -2.53. The first-order chi connectivity index (χ1) is 17.9. The molecule has 3 aromatic rings. The maximum atomic E-state index is 13.2. The fourth-order valence-corrected chi connectivity index (χ4v) is 5.37. The van der Waals surface area contributed by atoms with Crippen LogP contribution in [0.4, 0.5) is 5.82 Å². The molecule has 4 heterocycles. The van der Waals surface area contributed by atoms with Crippen LogP contribution in [0.1, 0.15) is 53.7 Å². The Hall–Kier alpha value is -3.50. The number of fused-ring (bicyclic) bond motifs is 2. The molecule has 0 unspecified atom stereocenters. The van der Waals surface area contributed by atoms with E-state index in [1.54, 1.807) is 16.7 Å². The SMILES string of the molecule is Cn1ccc2c(C(=O)ON(C3CC(CCc4ccc5c(n4)NCCC5)C3)[C@@H](CCO)C(=O)O)ccnc21. The van der Waals surface area contributed by atoms with Crippen LogP contribution < -0.4 is 5.32 Å². The van der Waals surface area contributed by atoms with E-state index in [9.17, 15) is 19.8 Å². The van der Waals surface area contributed by atoms with Gasteiger partial charge in [-0.05, 0) is 74.6 Å². The minimum absolute atomic E-state index is 0.0348. The van der Waals surface area contributed by atoms with Crippen molar-refractivity contribution in [3.05, 3.63) is 53.5 Å². The highest BCUT2D eigenvalue weighted by Crippen LogP contribution is 2.37. The Morgan fingerprint density at radius 2 is 2.11 bits per heavy atom. The number of aliphatic hydroxyl groups is 1. The Labute approximate surface area is 215 Å². The third-order valence-corrected chi connectivity index (χ3v) is 7.50. The number of carboxylic acid groups (broad SMARTS) is 1. The molecule has 10 nitrogen and oxygen atoms in total. The van der Waals surface area contributed by atoms with Crippen LogP contribution in [0.2, 0.25) is 0 Å². The van der Waals surface area contributed by atoms with Gasteiger partial charge in [-0.1, -0.05) is 6.07 Å². The van der Waals surface area contributed by atoms with E-state index in [0.29, 0.717) is 35.4 Å². The number of aliphatic carboxylic acids is 1. The zero-order chi connectivity index (χ0) is 25.9. The number of nitrogens with one attached hydrogen (secondary N) is 1. The standard InChI is InChI=1S/C27H33N5O5/c1-31-13-9-21-22(8-12-29-25(21)31)27(36)37-32(23(10-14-33)26(34)35)20-15-17(16-20)4-6-19-7-5-18-3-2-11-28-24(18)30-19/h5,7-9,12-13,17,20,23,33H,2-4,6,10-11,14-16H2,1H3,(H,28,30)(H,34,35)/t17?,20?,23-/m0/s1. The monoisotopic (exact) mass is 507 g/mol. The minimum Gasteiger partial charge on any atom is -0.480 e. The molecule has 0 amide bonds. The summed E-state index contributed by atoms with van der Waals surface area (Å²) in [5.74, 6) is -0.389. The van der Waals surface area contributed by atoms with Gasteiger partial charge in [0, 0.05) is 49.7 Å². The Kier molecular flexibility index (Phi) is 7.38. The van der Waals surface area contributed by atoms with E-state index in [4.69, 9.17) is 9.82 Å². The van der Waals surface area contributed by atoms with Gasteiger partial charge < -0.3 is 24.9 Å². The van der Waals surface area contributed by atoms with Gasteiger partial charge in [0.15, 0.2) is 0 Å². The molecule has 2 aliphatic rings. The van der Waals surface area contributed by atoms with E-state index in [1.807, 2.05) is 13.2 Å². The van der Waals surface area contributed by atoms with Crippen molar-refractivity contribution in [2.45, 2.75) is 57.0 Å². The zero-order valence-corrected chi connectivity index (χ0v) is 21.0. The summed E-state index contributed by atoms with van der Waals surface area (Å²) in [4.78, 5) is 40.1. The van der Waals surface area contributed by atoms with E-state index in [0.717, 1.165) is 43.7 Å². The van der Waals surface area contributed by atoms with Crippen LogP contribution in [0.25, 0.3) is 11.0 Å². The number of nitrogens with zero attached hydrogens (tertiary/aromatic N) is 4. The Morgan fingerprint density at radius 3 is 2.89 bits per heavy atom. The summed E-state index contributed by atoms with van der Waals surface area (Å²) in [6.45, 7) is 0.633. The van der Waals surface area contributed by atoms with Gasteiger partial charge in [0.1, 0.15) is 17.5 Å². The second kappa shape index (κ2) is 10.9. The van der Waals surface area contributed by atoms with Crippen molar-refractivity contribution in [2.75, 3.05) is 18.5 Å². The fourth-order valence-electron chi connectivity index (χ4n) is 5.37. The van der Waals surface area contributed by atoms with Gasteiger partial charge in [0.25, 0.3) is 0 Å². The molecule has 10 heteroatoms. The quantitative estimate of drug-likeness (QED) is 0.355. The van der Waals surface area contributed by atoms with Crippen LogP contribution >= 0.6 is 0 Å². The van der Waals surface area contributed by atoms with Crippen molar-refractivity contribution >= 4 is 28.8 Å². The molecule has 3 aromatic heterocycles. The van der Waals surface area contributed by atoms with Gasteiger partial charge in [-0.2, -0.15) is 0 Å². The number of anilines is 1. The number of aliphatic hydroxyl groups excluding tert-OH is 1. The number of pyridine rings is 2. The minimum atomic E-state index is -1.13. The van der Waals surface area contributed by atoms with E-state index < -0.39 is 18.0 Å². The molecule has 0 bridgehead atoms. The molecule has 196 valence electrons. The van der Waals surface area contributed by atoms with Crippen molar-refractivity contribution < 1.29 is 24.6 Å². The number of rotatable bonds is 10. The second-order valence-electron chi connectivity index (χ2n) is 10.00. The number of hydroxylamine groups is 2. The molecule has 1 fully saturated rings. The van der Waals surface area contributed by atoms with E-state index in [2.05, 4.69) is 22.4 Å².